The topological polar surface area (TPSA) is 63.1 Å². The summed E-state index contributed by atoms with van der Waals surface area (Å²) < 4.78 is 0. The molecule has 20 heavy (non-hydrogen) atoms. The van der Waals surface area contributed by atoms with Gasteiger partial charge in [0.05, 0.1) is 11.6 Å². The predicted molar refractivity (Wildman–Crippen MR) is 84.8 cm³/mol. The first kappa shape index (κ1) is 13.5. The molecule has 2 heterocycles. The minimum Gasteiger partial charge on any atom is -0.309 e. The van der Waals surface area contributed by atoms with Gasteiger partial charge in [-0.3, -0.25) is 4.99 Å². The van der Waals surface area contributed by atoms with Crippen molar-refractivity contribution in [3.05, 3.63) is 40.5 Å². The Bertz CT molecular complexity index is 688. The molecular formula is C14H12Cl2N4. The third kappa shape index (κ3) is 2.10. The van der Waals surface area contributed by atoms with E-state index in [1.54, 1.807) is 6.20 Å². The molecule has 2 N–H and O–H groups in total. The molecule has 0 spiro atoms. The van der Waals surface area contributed by atoms with Crippen LogP contribution in [0.25, 0.3) is 5.57 Å². The second kappa shape index (κ2) is 5.13. The van der Waals surface area contributed by atoms with Gasteiger partial charge in [-0.2, -0.15) is 0 Å². The van der Waals surface area contributed by atoms with Crippen molar-refractivity contribution in [1.82, 2.24) is 0 Å². The Morgan fingerprint density at radius 2 is 2.00 bits per heavy atom. The van der Waals surface area contributed by atoms with Crippen LogP contribution in [0.5, 0.6) is 0 Å². The molecule has 1 aromatic carbocycles. The van der Waals surface area contributed by atoms with Crippen LogP contribution >= 0.6 is 23.2 Å². The number of hydrogen-bond donors (Lipinski definition) is 1. The molecule has 3 rings (SSSR count). The number of aliphatic imine (C=N–C) groups is 3. The second-order valence-electron chi connectivity index (χ2n) is 4.65. The van der Waals surface area contributed by atoms with Gasteiger partial charge in [-0.15, -0.1) is 0 Å². The van der Waals surface area contributed by atoms with Crippen LogP contribution in [0, 0.1) is 12.8 Å². The maximum absolute atomic E-state index is 6.19. The fourth-order valence-corrected chi connectivity index (χ4v) is 2.83. The van der Waals surface area contributed by atoms with Crippen LogP contribution in [0.1, 0.15) is 11.1 Å². The summed E-state index contributed by atoms with van der Waals surface area (Å²) in [6.45, 7) is 1.96. The minimum absolute atomic E-state index is 0.292. The number of benzene rings is 1. The van der Waals surface area contributed by atoms with E-state index < -0.39 is 6.17 Å². The van der Waals surface area contributed by atoms with Crippen molar-refractivity contribution in [3.63, 3.8) is 0 Å². The first-order valence-corrected chi connectivity index (χ1v) is 6.89. The zero-order valence-electron chi connectivity index (χ0n) is 10.7. The Balaban J connectivity index is 2.16. The molecule has 0 saturated heterocycles. The number of nitrogens with zero attached hydrogens (tertiary/aromatic N) is 3. The fourth-order valence-electron chi connectivity index (χ4n) is 2.37. The van der Waals surface area contributed by atoms with E-state index in [4.69, 9.17) is 28.9 Å². The lowest BCUT2D eigenvalue weighted by atomic mass is 9.87. The van der Waals surface area contributed by atoms with Crippen LogP contribution in [-0.4, -0.2) is 23.4 Å². The molecular weight excluding hydrogens is 295 g/mol. The van der Waals surface area contributed by atoms with Crippen LogP contribution in [0.3, 0.4) is 0 Å². The Morgan fingerprint density at radius 1 is 1.20 bits per heavy atom. The zero-order valence-corrected chi connectivity index (χ0v) is 12.2. The quantitative estimate of drug-likeness (QED) is 0.851. The molecule has 0 fully saturated rings. The van der Waals surface area contributed by atoms with Crippen molar-refractivity contribution in [2.45, 2.75) is 13.1 Å². The van der Waals surface area contributed by atoms with Gasteiger partial charge in [0.15, 0.2) is 0 Å². The summed E-state index contributed by atoms with van der Waals surface area (Å²) in [5, 5.41) is 1.12. The van der Waals surface area contributed by atoms with Gasteiger partial charge < -0.3 is 5.73 Å². The molecule has 102 valence electrons. The standard InChI is InChI=1S/C14H12Cl2N4/c1-7-8(3-2-4-10(7)15)9-5-18-13(16)11-12(9)19-6-20-14(11)17/h2-6,11,14H,17H2,1H3. The summed E-state index contributed by atoms with van der Waals surface area (Å²) in [5.41, 5.74) is 9.63. The summed E-state index contributed by atoms with van der Waals surface area (Å²) in [6, 6.07) is 5.74. The van der Waals surface area contributed by atoms with E-state index in [1.165, 1.54) is 6.34 Å². The van der Waals surface area contributed by atoms with E-state index >= 15 is 0 Å². The molecule has 0 bridgehead atoms. The highest BCUT2D eigenvalue weighted by molar-refractivity contribution is 6.69. The minimum atomic E-state index is -0.457. The summed E-state index contributed by atoms with van der Waals surface area (Å²) in [7, 11) is 0. The van der Waals surface area contributed by atoms with Crippen molar-refractivity contribution in [2.75, 3.05) is 0 Å². The average Bonchev–Trinajstić information content (AvgIpc) is 2.43. The third-order valence-corrected chi connectivity index (χ3v) is 4.22. The van der Waals surface area contributed by atoms with Crippen LogP contribution in [-0.2, 0) is 0 Å². The maximum atomic E-state index is 6.19. The van der Waals surface area contributed by atoms with E-state index in [-0.39, 0.29) is 5.92 Å². The summed E-state index contributed by atoms with van der Waals surface area (Å²) in [6.07, 6.45) is 2.73. The molecule has 0 aromatic heterocycles. The molecule has 2 atom stereocenters. The van der Waals surface area contributed by atoms with Gasteiger partial charge in [0.2, 0.25) is 0 Å². The summed E-state index contributed by atoms with van der Waals surface area (Å²) in [4.78, 5) is 12.7. The van der Waals surface area contributed by atoms with Crippen molar-refractivity contribution < 1.29 is 0 Å². The number of nitrogens with two attached hydrogens (primary N) is 1. The van der Waals surface area contributed by atoms with E-state index in [0.717, 1.165) is 22.4 Å². The van der Waals surface area contributed by atoms with Gasteiger partial charge in [-0.1, -0.05) is 35.3 Å². The number of fused-ring (bicyclic) bond motifs is 1. The molecule has 2 unspecified atom stereocenters. The Hall–Kier alpha value is -1.49. The number of rotatable bonds is 1. The lowest BCUT2D eigenvalue weighted by Crippen LogP contribution is -2.41. The molecule has 0 amide bonds. The van der Waals surface area contributed by atoms with Gasteiger partial charge in [-0.05, 0) is 24.1 Å². The van der Waals surface area contributed by atoms with Crippen molar-refractivity contribution in [2.24, 2.45) is 26.6 Å². The smallest absolute Gasteiger partial charge is 0.118 e. The van der Waals surface area contributed by atoms with Crippen LogP contribution < -0.4 is 5.73 Å². The van der Waals surface area contributed by atoms with Crippen LogP contribution in [0.2, 0.25) is 5.02 Å². The largest absolute Gasteiger partial charge is 0.309 e. The second-order valence-corrected chi connectivity index (χ2v) is 5.45. The number of hydrogen-bond acceptors (Lipinski definition) is 4. The highest BCUT2D eigenvalue weighted by Crippen LogP contribution is 2.33. The first-order chi connectivity index (χ1) is 9.59. The van der Waals surface area contributed by atoms with E-state index in [0.29, 0.717) is 10.2 Å². The molecule has 2 aliphatic rings. The van der Waals surface area contributed by atoms with Gasteiger partial charge in [0.1, 0.15) is 17.7 Å². The van der Waals surface area contributed by atoms with E-state index in [9.17, 15) is 0 Å². The van der Waals surface area contributed by atoms with E-state index in [1.807, 2.05) is 25.1 Å². The lowest BCUT2D eigenvalue weighted by molar-refractivity contribution is 0.662. The molecule has 4 nitrogen and oxygen atoms in total. The molecule has 6 heteroatoms. The normalized spacial score (nSPS) is 24.7. The highest BCUT2D eigenvalue weighted by atomic mass is 35.5. The Kier molecular flexibility index (Phi) is 3.46. The van der Waals surface area contributed by atoms with Crippen molar-refractivity contribution in [3.8, 4) is 0 Å². The molecule has 1 aromatic rings. The lowest BCUT2D eigenvalue weighted by Gasteiger charge is -2.28. The summed E-state index contributed by atoms with van der Waals surface area (Å²) >= 11 is 12.3. The van der Waals surface area contributed by atoms with Gasteiger partial charge in [-0.25, -0.2) is 9.98 Å². The Morgan fingerprint density at radius 3 is 2.80 bits per heavy atom. The predicted octanol–water partition coefficient (Wildman–Crippen LogP) is 3.02. The molecule has 0 radical (unpaired) electrons. The fraction of sp³-hybridized carbons (Fsp3) is 0.214. The van der Waals surface area contributed by atoms with Crippen LogP contribution in [0.15, 0.2) is 39.4 Å². The van der Waals surface area contributed by atoms with Crippen molar-refractivity contribution >= 4 is 46.0 Å². The Labute approximate surface area is 126 Å². The van der Waals surface area contributed by atoms with Gasteiger partial charge >= 0.3 is 0 Å². The van der Waals surface area contributed by atoms with Crippen LogP contribution in [0.4, 0.5) is 0 Å². The zero-order chi connectivity index (χ0) is 14.3. The van der Waals surface area contributed by atoms with E-state index in [2.05, 4.69) is 15.0 Å². The SMILES string of the molecule is Cc1c(Cl)cccc1C1=CN=C(Cl)C2C1=NC=NC2N. The maximum Gasteiger partial charge on any atom is 0.118 e. The molecule has 0 saturated carbocycles. The monoisotopic (exact) mass is 306 g/mol. The van der Waals surface area contributed by atoms with Crippen molar-refractivity contribution in [1.29, 1.82) is 0 Å². The third-order valence-electron chi connectivity index (χ3n) is 3.48. The number of halogens is 2. The number of allylic oxidation sites excluding steroid dienone is 1. The molecule has 2 aliphatic heterocycles. The molecule has 0 aliphatic carbocycles. The first-order valence-electron chi connectivity index (χ1n) is 6.13. The van der Waals surface area contributed by atoms with Gasteiger partial charge in [0, 0.05) is 16.8 Å². The van der Waals surface area contributed by atoms with Gasteiger partial charge in [0.25, 0.3) is 0 Å². The summed E-state index contributed by atoms with van der Waals surface area (Å²) in [5.74, 6) is -0.292. The highest BCUT2D eigenvalue weighted by Gasteiger charge is 2.34. The average molecular weight is 307 g/mol.